The Bertz CT molecular complexity index is 918. The molecule has 2 heterocycles. The van der Waals surface area contributed by atoms with Crippen LogP contribution in [0.3, 0.4) is 0 Å². The Morgan fingerprint density at radius 1 is 1.36 bits per heavy atom. The first kappa shape index (κ1) is 16.8. The first-order chi connectivity index (χ1) is 11.9. The Balaban J connectivity index is 1.88. The molecule has 1 aromatic heterocycles. The third-order valence-corrected chi connectivity index (χ3v) is 4.38. The number of non-ortho nitro benzene ring substituents is 1. The van der Waals surface area contributed by atoms with Crippen LogP contribution in [0.1, 0.15) is 12.0 Å². The van der Waals surface area contributed by atoms with Crippen molar-refractivity contribution < 1.29 is 14.8 Å². The first-order valence-corrected chi connectivity index (χ1v) is 8.19. The number of rotatable bonds is 5. The van der Waals surface area contributed by atoms with Crippen LogP contribution < -0.4 is 0 Å². The molecule has 0 atom stereocenters. The Kier molecular flexibility index (Phi) is 4.61. The number of benzene rings is 1. The zero-order valence-electron chi connectivity index (χ0n) is 13.1. The fourth-order valence-corrected chi connectivity index (χ4v) is 2.94. The minimum absolute atomic E-state index is 0.0625. The number of nitro groups is 1. The molecule has 10 heteroatoms. The molecule has 0 saturated carbocycles. The van der Waals surface area contributed by atoms with E-state index in [4.69, 9.17) is 5.11 Å². The van der Waals surface area contributed by atoms with Crippen molar-refractivity contribution in [1.82, 2.24) is 9.78 Å². The third-order valence-electron chi connectivity index (χ3n) is 3.43. The summed E-state index contributed by atoms with van der Waals surface area (Å²) in [5.41, 5.74) is 2.30. The van der Waals surface area contributed by atoms with E-state index < -0.39 is 10.9 Å². The zero-order chi connectivity index (χ0) is 18.0. The number of carbonyl (C=O) groups is 1. The van der Waals surface area contributed by atoms with Gasteiger partial charge in [0.25, 0.3) is 5.69 Å². The molecule has 1 N–H and O–H groups in total. The van der Waals surface area contributed by atoms with Gasteiger partial charge in [0.15, 0.2) is 0 Å². The number of carboxylic acids is 1. The second-order valence-electron chi connectivity index (χ2n) is 5.30. The second kappa shape index (κ2) is 6.85. The number of aliphatic carboxylic acids is 1. The van der Waals surface area contributed by atoms with E-state index >= 15 is 0 Å². The van der Waals surface area contributed by atoms with Crippen LogP contribution in [0.25, 0.3) is 11.3 Å². The van der Waals surface area contributed by atoms with Gasteiger partial charge in [-0.05, 0) is 12.1 Å². The molecule has 128 valence electrons. The lowest BCUT2D eigenvalue weighted by molar-refractivity contribution is -0.384. The number of hydrogen-bond acceptors (Lipinski definition) is 7. The van der Waals surface area contributed by atoms with Gasteiger partial charge in [-0.1, -0.05) is 11.8 Å². The maximum Gasteiger partial charge on any atom is 0.313 e. The number of nitro benzene ring substituents is 1. The van der Waals surface area contributed by atoms with Gasteiger partial charge in [-0.15, -0.1) is 5.10 Å². The SMILES string of the molecule is Cn1ccc(-c2cc(C3=NN=C(SCC(=O)O)C3)cc([N+](=O)[O-])c2)n1. The number of hydrogen-bond donors (Lipinski definition) is 1. The lowest BCUT2D eigenvalue weighted by Gasteiger charge is -2.04. The number of aryl methyl sites for hydroxylation is 1. The second-order valence-corrected chi connectivity index (χ2v) is 6.35. The largest absolute Gasteiger partial charge is 0.481 e. The smallest absolute Gasteiger partial charge is 0.313 e. The van der Waals surface area contributed by atoms with E-state index in [-0.39, 0.29) is 11.4 Å². The predicted octanol–water partition coefficient (Wildman–Crippen LogP) is 2.32. The van der Waals surface area contributed by atoms with Crippen LogP contribution in [-0.4, -0.2) is 42.3 Å². The minimum atomic E-state index is -0.936. The summed E-state index contributed by atoms with van der Waals surface area (Å²) >= 11 is 1.09. The summed E-state index contributed by atoms with van der Waals surface area (Å²) in [6.07, 6.45) is 2.10. The van der Waals surface area contributed by atoms with Crippen LogP contribution in [-0.2, 0) is 11.8 Å². The molecule has 3 rings (SSSR count). The number of carboxylic acid groups (broad SMARTS) is 1. The molecular weight excluding hydrogens is 346 g/mol. The van der Waals surface area contributed by atoms with Crippen LogP contribution >= 0.6 is 11.8 Å². The molecule has 1 aromatic carbocycles. The number of nitrogens with zero attached hydrogens (tertiary/aromatic N) is 5. The Morgan fingerprint density at radius 2 is 2.12 bits per heavy atom. The van der Waals surface area contributed by atoms with Crippen LogP contribution in [0.15, 0.2) is 40.7 Å². The van der Waals surface area contributed by atoms with Gasteiger partial charge in [0.2, 0.25) is 0 Å². The maximum atomic E-state index is 11.2. The van der Waals surface area contributed by atoms with Gasteiger partial charge in [-0.25, -0.2) is 0 Å². The summed E-state index contributed by atoms with van der Waals surface area (Å²) < 4.78 is 1.62. The normalized spacial score (nSPS) is 13.5. The molecule has 1 aliphatic rings. The Morgan fingerprint density at radius 3 is 2.76 bits per heavy atom. The van der Waals surface area contributed by atoms with Crippen molar-refractivity contribution in [3.63, 3.8) is 0 Å². The van der Waals surface area contributed by atoms with E-state index in [1.807, 2.05) is 0 Å². The summed E-state index contributed by atoms with van der Waals surface area (Å²) in [6.45, 7) is 0. The summed E-state index contributed by atoms with van der Waals surface area (Å²) in [5.74, 6) is -1.04. The van der Waals surface area contributed by atoms with Crippen LogP contribution in [0.4, 0.5) is 5.69 Å². The van der Waals surface area contributed by atoms with E-state index in [2.05, 4.69) is 15.3 Å². The summed E-state index contributed by atoms with van der Waals surface area (Å²) in [7, 11) is 1.77. The number of thioether (sulfide) groups is 1. The van der Waals surface area contributed by atoms with Crippen molar-refractivity contribution in [2.75, 3.05) is 5.75 Å². The van der Waals surface area contributed by atoms with Gasteiger partial charge < -0.3 is 5.11 Å². The van der Waals surface area contributed by atoms with Gasteiger partial charge in [0.05, 0.1) is 22.1 Å². The van der Waals surface area contributed by atoms with Crippen molar-refractivity contribution in [2.45, 2.75) is 6.42 Å². The summed E-state index contributed by atoms with van der Waals surface area (Å²) in [4.78, 5) is 21.4. The minimum Gasteiger partial charge on any atom is -0.481 e. The lowest BCUT2D eigenvalue weighted by Crippen LogP contribution is -2.06. The van der Waals surface area contributed by atoms with E-state index in [0.717, 1.165) is 11.8 Å². The molecule has 0 saturated heterocycles. The summed E-state index contributed by atoms with van der Waals surface area (Å²) in [6, 6.07) is 6.44. The average Bonchev–Trinajstić information content (AvgIpc) is 3.21. The molecule has 0 fully saturated rings. The predicted molar refractivity (Wildman–Crippen MR) is 94.0 cm³/mol. The molecule has 0 unspecified atom stereocenters. The highest BCUT2D eigenvalue weighted by Crippen LogP contribution is 2.27. The number of aromatic nitrogens is 2. The lowest BCUT2D eigenvalue weighted by atomic mass is 10.0. The highest BCUT2D eigenvalue weighted by Gasteiger charge is 2.20. The molecule has 9 nitrogen and oxygen atoms in total. The monoisotopic (exact) mass is 359 g/mol. The molecule has 0 bridgehead atoms. The maximum absolute atomic E-state index is 11.2. The summed E-state index contributed by atoms with van der Waals surface area (Å²) in [5, 5.41) is 32.8. The van der Waals surface area contributed by atoms with Gasteiger partial charge in [-0.3, -0.25) is 19.6 Å². The van der Waals surface area contributed by atoms with E-state index in [1.165, 1.54) is 12.1 Å². The van der Waals surface area contributed by atoms with Crippen molar-refractivity contribution in [3.05, 3.63) is 46.1 Å². The molecule has 0 spiro atoms. The van der Waals surface area contributed by atoms with Crippen LogP contribution in [0, 0.1) is 10.1 Å². The molecule has 0 amide bonds. The quantitative estimate of drug-likeness (QED) is 0.645. The standard InChI is InChI=1S/C15H13N5O4S/c1-19-3-2-12(18-19)9-4-10(6-11(5-9)20(23)24)13-7-14(17-16-13)25-8-15(21)22/h2-6H,7-8H2,1H3,(H,21,22). The molecular formula is C15H13N5O4S. The van der Waals surface area contributed by atoms with E-state index in [9.17, 15) is 14.9 Å². The van der Waals surface area contributed by atoms with Crippen LogP contribution in [0.2, 0.25) is 0 Å². The van der Waals surface area contributed by atoms with Gasteiger partial charge in [-0.2, -0.15) is 10.2 Å². The fraction of sp³-hybridized carbons (Fsp3) is 0.200. The van der Waals surface area contributed by atoms with Crippen molar-refractivity contribution in [1.29, 1.82) is 0 Å². The average molecular weight is 359 g/mol. The topological polar surface area (TPSA) is 123 Å². The molecule has 2 aromatic rings. The highest BCUT2D eigenvalue weighted by atomic mass is 32.2. The van der Waals surface area contributed by atoms with Crippen molar-refractivity contribution >= 4 is 34.2 Å². The zero-order valence-corrected chi connectivity index (χ0v) is 13.9. The Labute approximate surface area is 146 Å². The van der Waals surface area contributed by atoms with E-state index in [1.54, 1.807) is 30.1 Å². The van der Waals surface area contributed by atoms with Crippen molar-refractivity contribution in [2.24, 2.45) is 17.3 Å². The fourth-order valence-electron chi connectivity index (χ4n) is 2.31. The van der Waals surface area contributed by atoms with Gasteiger partial charge in [0.1, 0.15) is 5.04 Å². The van der Waals surface area contributed by atoms with Crippen molar-refractivity contribution in [3.8, 4) is 11.3 Å². The van der Waals surface area contributed by atoms with Crippen LogP contribution in [0.5, 0.6) is 0 Å². The van der Waals surface area contributed by atoms with Gasteiger partial charge >= 0.3 is 5.97 Å². The third kappa shape index (κ3) is 3.91. The van der Waals surface area contributed by atoms with E-state index in [0.29, 0.717) is 34.0 Å². The first-order valence-electron chi connectivity index (χ1n) is 7.20. The molecule has 0 radical (unpaired) electrons. The van der Waals surface area contributed by atoms with Gasteiger partial charge in [0, 0.05) is 42.9 Å². The highest BCUT2D eigenvalue weighted by molar-refractivity contribution is 8.14. The Hall–Kier alpha value is -3.01. The molecule has 25 heavy (non-hydrogen) atoms. The molecule has 1 aliphatic heterocycles. The molecule has 0 aliphatic carbocycles.